The molecule has 4 rings (SSSR count). The van der Waals surface area contributed by atoms with Gasteiger partial charge in [0.2, 0.25) is 0 Å². The zero-order valence-electron chi connectivity index (χ0n) is 18.0. The van der Waals surface area contributed by atoms with Gasteiger partial charge < -0.3 is 4.74 Å². The van der Waals surface area contributed by atoms with Crippen LogP contribution < -0.4 is 14.9 Å². The highest BCUT2D eigenvalue weighted by atomic mass is 35.5. The van der Waals surface area contributed by atoms with Gasteiger partial charge in [-0.2, -0.15) is 0 Å². The Bertz CT molecular complexity index is 1520. The monoisotopic (exact) mass is 501 g/mol. The number of nitrogens with zero attached hydrogens (tertiary/aromatic N) is 3. The summed E-state index contributed by atoms with van der Waals surface area (Å²) >= 11 is 7.12. The molecule has 0 N–H and O–H groups in total. The Kier molecular flexibility index (Phi) is 6.45. The molecule has 0 saturated carbocycles. The van der Waals surface area contributed by atoms with Crippen LogP contribution in [0.25, 0.3) is 6.08 Å². The third-order valence-electron chi connectivity index (χ3n) is 5.19. The van der Waals surface area contributed by atoms with Crippen LogP contribution in [0, 0.1) is 15.9 Å². The molecule has 1 atom stereocenters. The van der Waals surface area contributed by atoms with Crippen molar-refractivity contribution >= 4 is 40.7 Å². The third kappa shape index (κ3) is 4.17. The number of nitro benzene ring substituents is 1. The number of nitro groups is 1. The first-order valence-electron chi connectivity index (χ1n) is 10.1. The summed E-state index contributed by atoms with van der Waals surface area (Å²) in [6.07, 6.45) is 1.33. The summed E-state index contributed by atoms with van der Waals surface area (Å²) in [7, 11) is 0. The number of hydrogen-bond donors (Lipinski definition) is 0. The van der Waals surface area contributed by atoms with E-state index in [-0.39, 0.29) is 37.8 Å². The van der Waals surface area contributed by atoms with Crippen LogP contribution >= 0.6 is 22.9 Å². The molecule has 0 amide bonds. The number of carbonyl (C=O) groups excluding carboxylic acids is 1. The van der Waals surface area contributed by atoms with Crippen molar-refractivity contribution in [2.24, 2.45) is 4.99 Å². The number of halogens is 2. The van der Waals surface area contributed by atoms with Gasteiger partial charge in [-0.15, -0.1) is 0 Å². The predicted molar refractivity (Wildman–Crippen MR) is 125 cm³/mol. The summed E-state index contributed by atoms with van der Waals surface area (Å²) in [5.74, 6) is -1.29. The minimum absolute atomic E-state index is 0.0441. The van der Waals surface area contributed by atoms with Gasteiger partial charge in [-0.1, -0.05) is 41.1 Å². The van der Waals surface area contributed by atoms with Crippen molar-refractivity contribution in [2.75, 3.05) is 6.61 Å². The van der Waals surface area contributed by atoms with E-state index in [9.17, 15) is 24.1 Å². The molecule has 0 radical (unpaired) electrons. The van der Waals surface area contributed by atoms with Crippen LogP contribution in [-0.2, 0) is 9.53 Å². The molecule has 0 bridgehead atoms. The topological polar surface area (TPSA) is 104 Å². The van der Waals surface area contributed by atoms with Crippen LogP contribution in [0.4, 0.5) is 10.1 Å². The van der Waals surface area contributed by atoms with Crippen molar-refractivity contribution in [1.29, 1.82) is 0 Å². The molecule has 0 fully saturated rings. The number of esters is 1. The van der Waals surface area contributed by atoms with E-state index in [1.54, 1.807) is 19.9 Å². The number of thiazole rings is 1. The van der Waals surface area contributed by atoms with Gasteiger partial charge in [0.1, 0.15) is 5.82 Å². The summed E-state index contributed by atoms with van der Waals surface area (Å²) < 4.78 is 20.9. The van der Waals surface area contributed by atoms with Gasteiger partial charge >= 0.3 is 5.97 Å². The molecule has 2 heterocycles. The Morgan fingerprint density at radius 2 is 2.09 bits per heavy atom. The predicted octanol–water partition coefficient (Wildman–Crippen LogP) is 3.50. The lowest BCUT2D eigenvalue weighted by Crippen LogP contribution is -2.40. The molecule has 0 spiro atoms. The number of aromatic nitrogens is 1. The van der Waals surface area contributed by atoms with Crippen LogP contribution in [-0.4, -0.2) is 22.1 Å². The second-order valence-corrected chi connectivity index (χ2v) is 8.71. The standard InChI is InChI=1S/C23H17ClFN3O5S/c1-3-33-22(30)19-12(2)26-23-27(20(19)13-6-4-7-14(10-13)28(31)32)21(29)18(34-23)11-15-16(24)8-5-9-17(15)25/h4-11,20H,3H2,1-2H3/b18-11+/t20-/m1/s1. The Balaban J connectivity index is 2.01. The van der Waals surface area contributed by atoms with Gasteiger partial charge in [0.05, 0.1) is 38.4 Å². The number of rotatable bonds is 5. The highest BCUT2D eigenvalue weighted by molar-refractivity contribution is 7.07. The largest absolute Gasteiger partial charge is 0.463 e. The van der Waals surface area contributed by atoms with Crippen molar-refractivity contribution in [1.82, 2.24) is 4.57 Å². The highest BCUT2D eigenvalue weighted by Gasteiger charge is 2.34. The molecule has 8 nitrogen and oxygen atoms in total. The third-order valence-corrected chi connectivity index (χ3v) is 6.50. The number of hydrogen-bond acceptors (Lipinski definition) is 7. The zero-order valence-corrected chi connectivity index (χ0v) is 19.5. The molecular formula is C23H17ClFN3O5S. The second-order valence-electron chi connectivity index (χ2n) is 7.29. The second kappa shape index (κ2) is 9.32. The number of allylic oxidation sites excluding steroid dienone is 1. The van der Waals surface area contributed by atoms with E-state index in [0.717, 1.165) is 11.3 Å². The van der Waals surface area contributed by atoms with Gasteiger partial charge in [-0.3, -0.25) is 19.5 Å². The maximum atomic E-state index is 14.4. The number of ether oxygens (including phenoxy) is 1. The lowest BCUT2D eigenvalue weighted by molar-refractivity contribution is -0.384. The SMILES string of the molecule is CCOC(=O)C1=C(C)N=c2s/c(=C/c3c(F)cccc3Cl)c(=O)n2[C@@H]1c1cccc([N+](=O)[O-])c1. The molecule has 0 saturated heterocycles. The first kappa shape index (κ1) is 23.5. The van der Waals surface area contributed by atoms with Crippen molar-refractivity contribution in [3.8, 4) is 0 Å². The van der Waals surface area contributed by atoms with Gasteiger partial charge in [0.15, 0.2) is 4.80 Å². The van der Waals surface area contributed by atoms with Crippen LogP contribution in [0.3, 0.4) is 0 Å². The summed E-state index contributed by atoms with van der Waals surface area (Å²) in [6.45, 7) is 3.33. The van der Waals surface area contributed by atoms with Crippen molar-refractivity contribution in [3.63, 3.8) is 0 Å². The fourth-order valence-corrected chi connectivity index (χ4v) is 4.94. The van der Waals surface area contributed by atoms with E-state index >= 15 is 0 Å². The molecule has 11 heteroatoms. The number of fused-ring (bicyclic) bond motifs is 1. The maximum Gasteiger partial charge on any atom is 0.338 e. The van der Waals surface area contributed by atoms with Crippen LogP contribution in [0.1, 0.15) is 31.0 Å². The van der Waals surface area contributed by atoms with E-state index in [2.05, 4.69) is 4.99 Å². The molecular weight excluding hydrogens is 485 g/mol. The lowest BCUT2D eigenvalue weighted by atomic mass is 9.95. The molecule has 2 aromatic carbocycles. The molecule has 3 aromatic rings. The fourth-order valence-electron chi connectivity index (χ4n) is 3.70. The molecule has 1 aromatic heterocycles. The number of benzene rings is 2. The van der Waals surface area contributed by atoms with Crippen LogP contribution in [0.15, 0.2) is 63.5 Å². The van der Waals surface area contributed by atoms with E-state index in [1.165, 1.54) is 47.0 Å². The van der Waals surface area contributed by atoms with Gasteiger partial charge in [0, 0.05) is 17.7 Å². The van der Waals surface area contributed by atoms with E-state index in [1.807, 2.05) is 0 Å². The smallest absolute Gasteiger partial charge is 0.338 e. The maximum absolute atomic E-state index is 14.4. The first-order chi connectivity index (χ1) is 16.2. The van der Waals surface area contributed by atoms with Crippen LogP contribution in [0.2, 0.25) is 5.02 Å². The normalized spacial score (nSPS) is 15.6. The molecule has 1 aliphatic rings. The van der Waals surface area contributed by atoms with Crippen molar-refractivity contribution in [3.05, 3.63) is 106 Å². The Hall–Kier alpha value is -3.63. The minimum atomic E-state index is -1.02. The summed E-state index contributed by atoms with van der Waals surface area (Å²) in [5.41, 5.74) is 0.0344. The molecule has 1 aliphatic heterocycles. The Morgan fingerprint density at radius 3 is 2.76 bits per heavy atom. The average molecular weight is 502 g/mol. The average Bonchev–Trinajstić information content (AvgIpc) is 3.10. The summed E-state index contributed by atoms with van der Waals surface area (Å²) in [5, 5.41) is 11.5. The van der Waals surface area contributed by atoms with Crippen molar-refractivity contribution < 1.29 is 18.8 Å². The quantitative estimate of drug-likeness (QED) is 0.302. The van der Waals surface area contributed by atoms with E-state index in [4.69, 9.17) is 16.3 Å². The minimum Gasteiger partial charge on any atom is -0.463 e. The van der Waals surface area contributed by atoms with Gasteiger partial charge in [-0.05, 0) is 37.6 Å². The number of non-ortho nitro benzene ring substituents is 1. The molecule has 0 aliphatic carbocycles. The Morgan fingerprint density at radius 1 is 1.35 bits per heavy atom. The molecule has 0 unspecified atom stereocenters. The Labute approximate surface area is 201 Å². The van der Waals surface area contributed by atoms with Crippen LogP contribution in [0.5, 0.6) is 0 Å². The zero-order chi connectivity index (χ0) is 24.6. The summed E-state index contributed by atoms with van der Waals surface area (Å²) in [4.78, 5) is 41.8. The van der Waals surface area contributed by atoms with Gasteiger partial charge in [-0.25, -0.2) is 14.2 Å². The fraction of sp³-hybridized carbons (Fsp3) is 0.174. The van der Waals surface area contributed by atoms with E-state index < -0.39 is 28.3 Å². The van der Waals surface area contributed by atoms with E-state index in [0.29, 0.717) is 11.3 Å². The van der Waals surface area contributed by atoms with Crippen molar-refractivity contribution in [2.45, 2.75) is 19.9 Å². The summed E-state index contributed by atoms with van der Waals surface area (Å²) in [6, 6.07) is 8.83. The number of carbonyl (C=O) groups is 1. The lowest BCUT2D eigenvalue weighted by Gasteiger charge is -2.24. The first-order valence-corrected chi connectivity index (χ1v) is 11.3. The molecule has 174 valence electrons. The van der Waals surface area contributed by atoms with Gasteiger partial charge in [0.25, 0.3) is 11.2 Å². The highest BCUT2D eigenvalue weighted by Crippen LogP contribution is 2.32. The molecule has 34 heavy (non-hydrogen) atoms.